The zero-order valence-corrected chi connectivity index (χ0v) is 17.0. The summed E-state index contributed by atoms with van der Waals surface area (Å²) in [7, 11) is 1.72. The number of methoxy groups -OCH3 is 1. The number of fused-ring (bicyclic) bond motifs is 1. The summed E-state index contributed by atoms with van der Waals surface area (Å²) in [6, 6.07) is 20.5. The molecular formula is C24H27N3O2. The van der Waals surface area contributed by atoms with Crippen LogP contribution in [0.3, 0.4) is 0 Å². The number of hydrogen-bond donors (Lipinski definition) is 1. The minimum atomic E-state index is 0.634. The Balaban J connectivity index is 1.90. The molecule has 0 atom stereocenters. The third-order valence-electron chi connectivity index (χ3n) is 5.11. The smallest absolute Gasteiger partial charge is 0.141 e. The molecule has 3 aromatic rings. The molecule has 29 heavy (non-hydrogen) atoms. The van der Waals surface area contributed by atoms with Crippen LogP contribution < -0.4 is 14.8 Å². The summed E-state index contributed by atoms with van der Waals surface area (Å²) < 4.78 is 11.5. The van der Waals surface area contributed by atoms with Crippen LogP contribution >= 0.6 is 0 Å². The van der Waals surface area contributed by atoms with Gasteiger partial charge in [0, 0.05) is 32.2 Å². The molecule has 150 valence electrons. The molecule has 0 amide bonds. The Bertz CT molecular complexity index is 1010. The van der Waals surface area contributed by atoms with Crippen LogP contribution in [0, 0.1) is 0 Å². The Kier molecular flexibility index (Phi) is 5.96. The number of nitrogens with zero attached hydrogens (tertiary/aromatic N) is 2. The summed E-state index contributed by atoms with van der Waals surface area (Å²) in [5.74, 6) is 2.61. The lowest BCUT2D eigenvalue weighted by atomic mass is 10.0. The SMILES string of the molecule is CCOc1cccc(N=C(c2c(OC)ccc3ccccc23)N2CCNCC2)c1. The van der Waals surface area contributed by atoms with Crippen molar-refractivity contribution in [1.82, 2.24) is 10.2 Å². The molecule has 1 fully saturated rings. The van der Waals surface area contributed by atoms with Gasteiger partial charge in [0.2, 0.25) is 0 Å². The first-order chi connectivity index (χ1) is 14.3. The van der Waals surface area contributed by atoms with E-state index in [0.717, 1.165) is 60.2 Å². The summed E-state index contributed by atoms with van der Waals surface area (Å²) >= 11 is 0. The number of amidine groups is 1. The summed E-state index contributed by atoms with van der Waals surface area (Å²) in [6.45, 7) is 6.29. The highest BCUT2D eigenvalue weighted by molar-refractivity contribution is 6.13. The maximum atomic E-state index is 5.78. The third-order valence-corrected chi connectivity index (χ3v) is 5.11. The molecule has 5 nitrogen and oxygen atoms in total. The fourth-order valence-corrected chi connectivity index (χ4v) is 3.75. The van der Waals surface area contributed by atoms with E-state index < -0.39 is 0 Å². The predicted octanol–water partition coefficient (Wildman–Crippen LogP) is 4.23. The lowest BCUT2D eigenvalue weighted by molar-refractivity contribution is 0.340. The van der Waals surface area contributed by atoms with Gasteiger partial charge in [-0.1, -0.05) is 36.4 Å². The van der Waals surface area contributed by atoms with E-state index in [0.29, 0.717) is 6.61 Å². The Morgan fingerprint density at radius 2 is 1.86 bits per heavy atom. The fraction of sp³-hybridized carbons (Fsp3) is 0.292. The molecule has 1 N–H and O–H groups in total. The van der Waals surface area contributed by atoms with E-state index in [-0.39, 0.29) is 0 Å². The maximum absolute atomic E-state index is 5.78. The second kappa shape index (κ2) is 8.97. The number of ether oxygens (including phenoxy) is 2. The Morgan fingerprint density at radius 1 is 1.03 bits per heavy atom. The van der Waals surface area contributed by atoms with E-state index in [1.54, 1.807) is 7.11 Å². The van der Waals surface area contributed by atoms with Crippen LogP contribution in [0.1, 0.15) is 12.5 Å². The number of aliphatic imine (C=N–C) groups is 1. The summed E-state index contributed by atoms with van der Waals surface area (Å²) in [5, 5.41) is 5.75. The van der Waals surface area contributed by atoms with Crippen LogP contribution in [0.4, 0.5) is 5.69 Å². The second-order valence-corrected chi connectivity index (χ2v) is 6.97. The normalized spacial score (nSPS) is 14.8. The first-order valence-electron chi connectivity index (χ1n) is 10.1. The van der Waals surface area contributed by atoms with Gasteiger partial charge in [0.05, 0.1) is 25.0 Å². The number of benzene rings is 3. The van der Waals surface area contributed by atoms with E-state index >= 15 is 0 Å². The van der Waals surface area contributed by atoms with Crippen LogP contribution in [0.15, 0.2) is 65.7 Å². The maximum Gasteiger partial charge on any atom is 0.141 e. The number of rotatable bonds is 5. The van der Waals surface area contributed by atoms with Crippen molar-refractivity contribution >= 4 is 22.3 Å². The van der Waals surface area contributed by atoms with E-state index in [1.165, 1.54) is 5.39 Å². The molecule has 1 saturated heterocycles. The predicted molar refractivity (Wildman–Crippen MR) is 119 cm³/mol. The molecule has 0 spiro atoms. The molecule has 5 heteroatoms. The zero-order valence-electron chi connectivity index (χ0n) is 17.0. The Labute approximate surface area is 172 Å². The van der Waals surface area contributed by atoms with Gasteiger partial charge in [-0.3, -0.25) is 0 Å². The molecular weight excluding hydrogens is 362 g/mol. The highest BCUT2D eigenvalue weighted by Crippen LogP contribution is 2.31. The lowest BCUT2D eigenvalue weighted by Crippen LogP contribution is -2.46. The van der Waals surface area contributed by atoms with Crippen LogP contribution in [0.5, 0.6) is 11.5 Å². The zero-order chi connectivity index (χ0) is 20.1. The molecule has 1 aliphatic rings. The van der Waals surface area contributed by atoms with Gasteiger partial charge >= 0.3 is 0 Å². The summed E-state index contributed by atoms with van der Waals surface area (Å²) in [4.78, 5) is 7.45. The standard InChI is InChI=1S/C24H27N3O2/c1-3-29-20-9-6-8-19(17-20)26-24(27-15-13-25-14-16-27)23-21-10-5-4-7-18(21)11-12-22(23)28-2/h4-12,17,25H,3,13-16H2,1-2H3. The minimum Gasteiger partial charge on any atom is -0.496 e. The first kappa shape index (κ1) is 19.3. The van der Waals surface area contributed by atoms with Crippen molar-refractivity contribution in [2.75, 3.05) is 39.9 Å². The molecule has 1 aliphatic heterocycles. The molecule has 0 aliphatic carbocycles. The first-order valence-corrected chi connectivity index (χ1v) is 10.1. The van der Waals surface area contributed by atoms with Crippen molar-refractivity contribution in [3.05, 3.63) is 66.2 Å². The Morgan fingerprint density at radius 3 is 2.66 bits per heavy atom. The molecule has 1 heterocycles. The van der Waals surface area contributed by atoms with Gasteiger partial charge in [-0.25, -0.2) is 4.99 Å². The van der Waals surface area contributed by atoms with Crippen molar-refractivity contribution < 1.29 is 9.47 Å². The lowest BCUT2D eigenvalue weighted by Gasteiger charge is -2.31. The molecule has 4 rings (SSSR count). The van der Waals surface area contributed by atoms with E-state index in [9.17, 15) is 0 Å². The quantitative estimate of drug-likeness (QED) is 0.524. The van der Waals surface area contributed by atoms with Crippen molar-refractivity contribution in [1.29, 1.82) is 0 Å². The van der Waals surface area contributed by atoms with Crippen LogP contribution in [-0.2, 0) is 0 Å². The largest absolute Gasteiger partial charge is 0.496 e. The van der Waals surface area contributed by atoms with E-state index in [2.05, 4.69) is 40.5 Å². The molecule has 3 aromatic carbocycles. The Hall–Kier alpha value is -3.05. The van der Waals surface area contributed by atoms with Crippen LogP contribution in [0.2, 0.25) is 0 Å². The topological polar surface area (TPSA) is 46.1 Å². The van der Waals surface area contributed by atoms with Gasteiger partial charge in [-0.15, -0.1) is 0 Å². The molecule has 0 aromatic heterocycles. The van der Waals surface area contributed by atoms with Gasteiger partial charge in [0.15, 0.2) is 0 Å². The average molecular weight is 389 g/mol. The van der Waals surface area contributed by atoms with Gasteiger partial charge in [0.25, 0.3) is 0 Å². The second-order valence-electron chi connectivity index (χ2n) is 6.97. The van der Waals surface area contributed by atoms with Crippen LogP contribution in [0.25, 0.3) is 10.8 Å². The van der Waals surface area contributed by atoms with Crippen molar-refractivity contribution in [3.8, 4) is 11.5 Å². The minimum absolute atomic E-state index is 0.634. The van der Waals surface area contributed by atoms with Gasteiger partial charge in [-0.2, -0.15) is 0 Å². The summed E-state index contributed by atoms with van der Waals surface area (Å²) in [6.07, 6.45) is 0. The van der Waals surface area contributed by atoms with Gasteiger partial charge in [0.1, 0.15) is 17.3 Å². The average Bonchev–Trinajstić information content (AvgIpc) is 2.78. The molecule has 0 saturated carbocycles. The van der Waals surface area contributed by atoms with E-state index in [4.69, 9.17) is 14.5 Å². The fourth-order valence-electron chi connectivity index (χ4n) is 3.75. The monoisotopic (exact) mass is 389 g/mol. The number of nitrogens with one attached hydrogen (secondary N) is 1. The van der Waals surface area contributed by atoms with E-state index in [1.807, 2.05) is 37.3 Å². The summed E-state index contributed by atoms with van der Waals surface area (Å²) in [5.41, 5.74) is 1.91. The van der Waals surface area contributed by atoms with Gasteiger partial charge in [-0.05, 0) is 35.9 Å². The van der Waals surface area contributed by atoms with Crippen LogP contribution in [-0.4, -0.2) is 50.6 Å². The highest BCUT2D eigenvalue weighted by Gasteiger charge is 2.22. The van der Waals surface area contributed by atoms with Crippen molar-refractivity contribution in [2.24, 2.45) is 4.99 Å². The van der Waals surface area contributed by atoms with Crippen molar-refractivity contribution in [3.63, 3.8) is 0 Å². The number of hydrogen-bond acceptors (Lipinski definition) is 4. The third kappa shape index (κ3) is 4.20. The van der Waals surface area contributed by atoms with Gasteiger partial charge < -0.3 is 19.7 Å². The molecule has 0 bridgehead atoms. The highest BCUT2D eigenvalue weighted by atomic mass is 16.5. The van der Waals surface area contributed by atoms with Crippen molar-refractivity contribution in [2.45, 2.75) is 6.92 Å². The number of piperazine rings is 1. The molecule has 0 radical (unpaired) electrons. The molecule has 0 unspecified atom stereocenters.